The van der Waals surface area contributed by atoms with Gasteiger partial charge in [0.05, 0.1) is 26.7 Å². The van der Waals surface area contributed by atoms with Crippen molar-refractivity contribution in [2.45, 2.75) is 16.4 Å². The maximum absolute atomic E-state index is 12.5. The second-order valence-corrected chi connectivity index (χ2v) is 10.1. The van der Waals surface area contributed by atoms with E-state index in [1.807, 2.05) is 5.38 Å². The van der Waals surface area contributed by atoms with Crippen molar-refractivity contribution < 1.29 is 21.6 Å². The lowest BCUT2D eigenvalue weighted by Gasteiger charge is -2.10. The van der Waals surface area contributed by atoms with Crippen LogP contribution in [0.25, 0.3) is 0 Å². The zero-order valence-corrected chi connectivity index (χ0v) is 16.6. The fraction of sp³-hybridized carbons (Fsp3) is 0.118. The second kappa shape index (κ2) is 7.67. The zero-order valence-electron chi connectivity index (χ0n) is 14.2. The molecule has 0 fully saturated rings. The van der Waals surface area contributed by atoms with Crippen LogP contribution in [0, 0.1) is 0 Å². The van der Waals surface area contributed by atoms with Crippen molar-refractivity contribution >= 4 is 36.9 Å². The average molecular weight is 425 g/mol. The molecule has 3 rings (SSSR count). The molecule has 3 aromatic rings. The molecule has 0 radical (unpaired) electrons. The molecule has 2 aromatic carbocycles. The quantitative estimate of drug-likeness (QED) is 0.626. The molecule has 7 nitrogen and oxygen atoms in total. The normalized spacial score (nSPS) is 11.9. The third-order valence-corrected chi connectivity index (χ3v) is 6.68. The number of benzene rings is 2. The van der Waals surface area contributed by atoms with Crippen molar-refractivity contribution in [3.05, 3.63) is 65.1 Å². The predicted molar refractivity (Wildman–Crippen MR) is 103 cm³/mol. The number of aromatic nitrogens is 1. The van der Waals surface area contributed by atoms with Crippen LogP contribution in [-0.2, 0) is 26.5 Å². The van der Waals surface area contributed by atoms with Gasteiger partial charge in [-0.2, -0.15) is 0 Å². The number of ether oxygens (including phenoxy) is 1. The molecule has 142 valence electrons. The zero-order chi connectivity index (χ0) is 19.5. The highest BCUT2D eigenvalue weighted by Crippen LogP contribution is 2.22. The SMILES string of the molecule is CS(=O)(=O)c1ccc(S(=O)(=O)Nc2cccc(OCc3cscn3)c2)cc1. The minimum Gasteiger partial charge on any atom is -0.487 e. The minimum absolute atomic E-state index is 0.0382. The summed E-state index contributed by atoms with van der Waals surface area (Å²) in [6.45, 7) is 0.284. The number of hydrogen-bond acceptors (Lipinski definition) is 7. The molecule has 0 aliphatic heterocycles. The summed E-state index contributed by atoms with van der Waals surface area (Å²) in [5, 5.41) is 1.87. The van der Waals surface area contributed by atoms with Crippen LogP contribution in [0.4, 0.5) is 5.69 Å². The number of thiazole rings is 1. The summed E-state index contributed by atoms with van der Waals surface area (Å²) in [5.74, 6) is 0.496. The summed E-state index contributed by atoms with van der Waals surface area (Å²) in [6.07, 6.45) is 1.06. The first-order valence-electron chi connectivity index (χ1n) is 7.67. The molecule has 0 atom stereocenters. The van der Waals surface area contributed by atoms with Gasteiger partial charge in [-0.1, -0.05) is 6.07 Å². The molecular formula is C17H16N2O5S3. The van der Waals surface area contributed by atoms with Gasteiger partial charge >= 0.3 is 0 Å². The van der Waals surface area contributed by atoms with Crippen molar-refractivity contribution in [1.29, 1.82) is 0 Å². The molecule has 27 heavy (non-hydrogen) atoms. The fourth-order valence-electron chi connectivity index (χ4n) is 2.20. The first-order chi connectivity index (χ1) is 12.7. The Hall–Kier alpha value is -2.43. The number of rotatable bonds is 7. The third kappa shape index (κ3) is 5.06. The van der Waals surface area contributed by atoms with Gasteiger partial charge in [-0.25, -0.2) is 21.8 Å². The molecule has 0 saturated carbocycles. The lowest BCUT2D eigenvalue weighted by molar-refractivity contribution is 0.302. The second-order valence-electron chi connectivity index (χ2n) is 5.65. The van der Waals surface area contributed by atoms with Crippen LogP contribution in [0.1, 0.15) is 5.69 Å². The van der Waals surface area contributed by atoms with Gasteiger partial charge in [-0.15, -0.1) is 11.3 Å². The highest BCUT2D eigenvalue weighted by atomic mass is 32.2. The van der Waals surface area contributed by atoms with Gasteiger partial charge in [0.25, 0.3) is 10.0 Å². The van der Waals surface area contributed by atoms with Crippen molar-refractivity contribution in [2.24, 2.45) is 0 Å². The van der Waals surface area contributed by atoms with Crippen LogP contribution in [-0.4, -0.2) is 28.1 Å². The van der Waals surface area contributed by atoms with Crippen molar-refractivity contribution in [2.75, 3.05) is 11.0 Å². The van der Waals surface area contributed by atoms with Crippen LogP contribution < -0.4 is 9.46 Å². The summed E-state index contributed by atoms with van der Waals surface area (Å²) in [4.78, 5) is 4.13. The van der Waals surface area contributed by atoms with Crippen LogP contribution in [0.15, 0.2) is 69.2 Å². The maximum Gasteiger partial charge on any atom is 0.261 e. The molecule has 1 heterocycles. The molecular weight excluding hydrogens is 408 g/mol. The third-order valence-electron chi connectivity index (χ3n) is 3.52. The van der Waals surface area contributed by atoms with Crippen LogP contribution in [0.5, 0.6) is 5.75 Å². The topological polar surface area (TPSA) is 102 Å². The molecule has 0 spiro atoms. The number of hydrogen-bond donors (Lipinski definition) is 1. The Bertz CT molecular complexity index is 1120. The Morgan fingerprint density at radius 2 is 1.74 bits per heavy atom. The number of sulfone groups is 1. The van der Waals surface area contributed by atoms with Gasteiger partial charge in [-0.3, -0.25) is 4.72 Å². The molecule has 1 aromatic heterocycles. The summed E-state index contributed by atoms with van der Waals surface area (Å²) in [5.41, 5.74) is 2.83. The summed E-state index contributed by atoms with van der Waals surface area (Å²) < 4.78 is 56.1. The van der Waals surface area contributed by atoms with Gasteiger partial charge in [0.1, 0.15) is 12.4 Å². The highest BCUT2D eigenvalue weighted by Gasteiger charge is 2.16. The smallest absolute Gasteiger partial charge is 0.261 e. The van der Waals surface area contributed by atoms with Gasteiger partial charge in [0, 0.05) is 17.7 Å². The first-order valence-corrected chi connectivity index (χ1v) is 12.0. The molecule has 0 aliphatic rings. The maximum atomic E-state index is 12.5. The van der Waals surface area contributed by atoms with Gasteiger partial charge in [0.2, 0.25) is 0 Å². The Morgan fingerprint density at radius 1 is 1.04 bits per heavy atom. The average Bonchev–Trinajstić information content (AvgIpc) is 3.13. The standard InChI is InChI=1S/C17H16N2O5S3/c1-26(20,21)16-5-7-17(8-6-16)27(22,23)19-13-3-2-4-15(9-13)24-10-14-11-25-12-18-14/h2-9,11-12,19H,10H2,1H3. The molecule has 0 aliphatic carbocycles. The number of sulfonamides is 1. The summed E-state index contributed by atoms with van der Waals surface area (Å²) in [6, 6.07) is 11.6. The molecule has 0 bridgehead atoms. The van der Waals surface area contributed by atoms with Crippen molar-refractivity contribution in [3.63, 3.8) is 0 Å². The van der Waals surface area contributed by atoms with E-state index in [2.05, 4.69) is 9.71 Å². The first kappa shape index (κ1) is 19.3. The van der Waals surface area contributed by atoms with Crippen molar-refractivity contribution in [3.8, 4) is 5.75 Å². The Kier molecular flexibility index (Phi) is 5.49. The lowest BCUT2D eigenvalue weighted by atomic mass is 10.3. The molecule has 0 amide bonds. The lowest BCUT2D eigenvalue weighted by Crippen LogP contribution is -2.13. The van der Waals surface area contributed by atoms with E-state index < -0.39 is 19.9 Å². The van der Waals surface area contributed by atoms with Crippen LogP contribution >= 0.6 is 11.3 Å². The van der Waals surface area contributed by atoms with E-state index >= 15 is 0 Å². The number of anilines is 1. The van der Waals surface area contributed by atoms with Crippen LogP contribution in [0.3, 0.4) is 0 Å². The Morgan fingerprint density at radius 3 is 2.37 bits per heavy atom. The van der Waals surface area contributed by atoms with E-state index in [1.165, 1.54) is 35.6 Å². The Labute approximate surface area is 161 Å². The minimum atomic E-state index is -3.86. The molecule has 10 heteroatoms. The Balaban J connectivity index is 1.74. The summed E-state index contributed by atoms with van der Waals surface area (Å²) >= 11 is 1.47. The van der Waals surface area contributed by atoms with E-state index in [9.17, 15) is 16.8 Å². The monoisotopic (exact) mass is 424 g/mol. The van der Waals surface area contributed by atoms with Gasteiger partial charge in [0.15, 0.2) is 9.84 Å². The van der Waals surface area contributed by atoms with Crippen molar-refractivity contribution in [1.82, 2.24) is 4.98 Å². The molecule has 0 saturated heterocycles. The summed E-state index contributed by atoms with van der Waals surface area (Å²) in [7, 11) is -7.25. The van der Waals surface area contributed by atoms with Gasteiger partial charge in [-0.05, 0) is 36.4 Å². The van der Waals surface area contributed by atoms with Crippen LogP contribution in [0.2, 0.25) is 0 Å². The largest absolute Gasteiger partial charge is 0.487 e. The van der Waals surface area contributed by atoms with E-state index in [1.54, 1.807) is 29.8 Å². The fourth-order valence-corrected chi connectivity index (χ4v) is 4.42. The molecule has 1 N–H and O–H groups in total. The predicted octanol–water partition coefficient (Wildman–Crippen LogP) is 2.93. The number of nitrogens with one attached hydrogen (secondary N) is 1. The number of nitrogens with zero attached hydrogens (tertiary/aromatic N) is 1. The highest BCUT2D eigenvalue weighted by molar-refractivity contribution is 7.92. The van der Waals surface area contributed by atoms with E-state index in [0.29, 0.717) is 11.4 Å². The van der Waals surface area contributed by atoms with E-state index in [4.69, 9.17) is 4.74 Å². The molecule has 0 unspecified atom stereocenters. The van der Waals surface area contributed by atoms with E-state index in [0.717, 1.165) is 11.9 Å². The van der Waals surface area contributed by atoms with Gasteiger partial charge < -0.3 is 4.74 Å². The van der Waals surface area contributed by atoms with E-state index in [-0.39, 0.29) is 16.4 Å².